The van der Waals surface area contributed by atoms with Crippen LogP contribution < -0.4 is 19.3 Å². The van der Waals surface area contributed by atoms with Crippen molar-refractivity contribution in [3.05, 3.63) is 48.3 Å². The lowest BCUT2D eigenvalue weighted by molar-refractivity contribution is 0.391. The predicted octanol–water partition coefficient (Wildman–Crippen LogP) is 1.69. The van der Waals surface area contributed by atoms with E-state index in [-0.39, 0.29) is 17.0 Å². The highest BCUT2D eigenvalue weighted by molar-refractivity contribution is 7.88. The van der Waals surface area contributed by atoms with Crippen LogP contribution in [0.1, 0.15) is 5.69 Å². The van der Waals surface area contributed by atoms with Gasteiger partial charge in [0.15, 0.2) is 17.1 Å². The van der Waals surface area contributed by atoms with Crippen molar-refractivity contribution in [2.75, 3.05) is 21.3 Å². The number of primary sulfonamides is 1. The molecule has 1 aromatic carbocycles. The summed E-state index contributed by atoms with van der Waals surface area (Å²) in [6, 6.07) is 10.5. The molecule has 0 spiro atoms. The van der Waals surface area contributed by atoms with Gasteiger partial charge in [-0.05, 0) is 18.2 Å². The average Bonchev–Trinajstić information content (AvgIpc) is 3.15. The summed E-state index contributed by atoms with van der Waals surface area (Å²) in [5.74, 6) is 1.26. The van der Waals surface area contributed by atoms with Crippen molar-refractivity contribution in [3.8, 4) is 34.6 Å². The number of hydrogen-bond acceptors (Lipinski definition) is 9. The number of sulfonamides is 1. The number of rotatable bonds is 7. The lowest BCUT2D eigenvalue weighted by Gasteiger charge is -2.16. The maximum atomic E-state index is 11.6. The number of hydrogen-bond donors (Lipinski definition) is 1. The molecule has 0 radical (unpaired) electrons. The predicted molar refractivity (Wildman–Crippen MR) is 116 cm³/mol. The molecule has 12 heteroatoms. The van der Waals surface area contributed by atoms with Crippen molar-refractivity contribution in [3.63, 3.8) is 0 Å². The Morgan fingerprint density at radius 2 is 1.62 bits per heavy atom. The maximum absolute atomic E-state index is 11.6. The van der Waals surface area contributed by atoms with E-state index in [2.05, 4.69) is 19.9 Å². The van der Waals surface area contributed by atoms with Crippen molar-refractivity contribution >= 4 is 21.3 Å². The van der Waals surface area contributed by atoms with Crippen molar-refractivity contribution in [2.45, 2.75) is 5.75 Å². The molecular weight excluding hydrogens is 436 g/mol. The molecule has 3 aromatic heterocycles. The summed E-state index contributed by atoms with van der Waals surface area (Å²) in [4.78, 5) is 17.9. The van der Waals surface area contributed by atoms with Gasteiger partial charge in [0, 0.05) is 6.07 Å². The summed E-state index contributed by atoms with van der Waals surface area (Å²) in [6.45, 7) is 0. The molecule has 3 heterocycles. The molecule has 0 fully saturated rings. The molecule has 166 valence electrons. The summed E-state index contributed by atoms with van der Waals surface area (Å²) in [5.41, 5.74) is 1.70. The molecule has 0 aliphatic heterocycles. The van der Waals surface area contributed by atoms with Crippen LogP contribution in [0.5, 0.6) is 17.4 Å². The molecule has 0 saturated heterocycles. The monoisotopic (exact) mass is 456 g/mol. The fourth-order valence-electron chi connectivity index (χ4n) is 3.25. The van der Waals surface area contributed by atoms with Crippen LogP contribution >= 0.6 is 0 Å². The second kappa shape index (κ2) is 8.40. The van der Waals surface area contributed by atoms with E-state index in [0.717, 1.165) is 0 Å². The van der Waals surface area contributed by atoms with Crippen molar-refractivity contribution in [1.82, 2.24) is 24.5 Å². The Balaban J connectivity index is 2.09. The second-order valence-corrected chi connectivity index (χ2v) is 8.28. The minimum Gasteiger partial charge on any atom is -0.494 e. The molecule has 4 rings (SSSR count). The van der Waals surface area contributed by atoms with Crippen molar-refractivity contribution in [1.29, 1.82) is 0 Å². The zero-order valence-corrected chi connectivity index (χ0v) is 18.3. The van der Waals surface area contributed by atoms with Crippen LogP contribution in [0.3, 0.4) is 0 Å². The molecule has 0 aliphatic rings. The van der Waals surface area contributed by atoms with E-state index < -0.39 is 15.8 Å². The summed E-state index contributed by atoms with van der Waals surface area (Å²) in [5, 5.41) is 5.20. The van der Waals surface area contributed by atoms with E-state index in [1.165, 1.54) is 27.5 Å². The lowest BCUT2D eigenvalue weighted by atomic mass is 10.2. The topological polar surface area (TPSA) is 144 Å². The van der Waals surface area contributed by atoms with Crippen LogP contribution in [0, 0.1) is 0 Å². The van der Waals surface area contributed by atoms with Crippen molar-refractivity contribution in [2.24, 2.45) is 5.14 Å². The van der Waals surface area contributed by atoms with Gasteiger partial charge in [0.05, 0.1) is 33.2 Å². The number of methoxy groups -OCH3 is 3. The third kappa shape index (κ3) is 4.05. The van der Waals surface area contributed by atoms with E-state index in [0.29, 0.717) is 34.6 Å². The number of nitrogens with zero attached hydrogens (tertiary/aromatic N) is 5. The molecule has 2 N–H and O–H groups in total. The van der Waals surface area contributed by atoms with Gasteiger partial charge in [0.1, 0.15) is 28.6 Å². The van der Waals surface area contributed by atoms with Gasteiger partial charge in [-0.25, -0.2) is 33.5 Å². The second-order valence-electron chi connectivity index (χ2n) is 6.66. The lowest BCUT2D eigenvalue weighted by Crippen LogP contribution is -2.15. The number of benzene rings is 1. The Morgan fingerprint density at radius 3 is 2.25 bits per heavy atom. The van der Waals surface area contributed by atoms with Gasteiger partial charge < -0.3 is 14.2 Å². The van der Waals surface area contributed by atoms with Gasteiger partial charge >= 0.3 is 0 Å². The minimum atomic E-state index is -3.81. The van der Waals surface area contributed by atoms with Crippen LogP contribution in [0.2, 0.25) is 0 Å². The fourth-order valence-corrected chi connectivity index (χ4v) is 3.80. The molecular formula is C20H20N6O5S. The Hall–Kier alpha value is -3.77. The highest BCUT2D eigenvalue weighted by atomic mass is 32.2. The first-order valence-corrected chi connectivity index (χ1v) is 11.0. The molecule has 4 aromatic rings. The first kappa shape index (κ1) is 21.5. The van der Waals surface area contributed by atoms with E-state index in [1.807, 2.05) is 0 Å². The molecule has 0 aliphatic carbocycles. The van der Waals surface area contributed by atoms with Gasteiger partial charge in [0.25, 0.3) is 0 Å². The summed E-state index contributed by atoms with van der Waals surface area (Å²) in [6.07, 6.45) is 1.33. The van der Waals surface area contributed by atoms with E-state index in [1.54, 1.807) is 41.0 Å². The van der Waals surface area contributed by atoms with Crippen LogP contribution in [-0.2, 0) is 15.8 Å². The molecule has 0 unspecified atom stereocenters. The zero-order chi connectivity index (χ0) is 22.9. The van der Waals surface area contributed by atoms with Gasteiger partial charge in [-0.2, -0.15) is 0 Å². The Kier molecular flexibility index (Phi) is 5.63. The normalized spacial score (nSPS) is 11.5. The number of ether oxygens (including phenoxy) is 3. The third-order valence-corrected chi connectivity index (χ3v) is 5.26. The molecule has 0 atom stereocenters. The number of nitrogens with two attached hydrogens (primary N) is 1. The molecule has 32 heavy (non-hydrogen) atoms. The SMILES string of the molecule is COc1cccc(-c2nc3ncc(CS(N)(=O)=O)nc3n2-c2c(OC)cccc2OC)n1. The molecule has 11 nitrogen and oxygen atoms in total. The first-order chi connectivity index (χ1) is 15.3. The highest BCUT2D eigenvalue weighted by Crippen LogP contribution is 2.37. The van der Waals surface area contributed by atoms with Crippen LogP contribution in [0.15, 0.2) is 42.6 Å². The quantitative estimate of drug-likeness (QED) is 0.439. The Labute approximate surface area is 183 Å². The minimum absolute atomic E-state index is 0.167. The Bertz CT molecular complexity index is 1380. The zero-order valence-electron chi connectivity index (χ0n) is 17.5. The number of fused-ring (bicyclic) bond motifs is 1. The summed E-state index contributed by atoms with van der Waals surface area (Å²) >= 11 is 0. The van der Waals surface area contributed by atoms with Gasteiger partial charge in [-0.3, -0.25) is 4.57 Å². The van der Waals surface area contributed by atoms with Gasteiger partial charge in [-0.15, -0.1) is 0 Å². The largest absolute Gasteiger partial charge is 0.494 e. The van der Waals surface area contributed by atoms with E-state index in [4.69, 9.17) is 19.3 Å². The first-order valence-electron chi connectivity index (χ1n) is 9.32. The highest BCUT2D eigenvalue weighted by Gasteiger charge is 2.24. The van der Waals surface area contributed by atoms with E-state index >= 15 is 0 Å². The van der Waals surface area contributed by atoms with Crippen molar-refractivity contribution < 1.29 is 22.6 Å². The summed E-state index contributed by atoms with van der Waals surface area (Å²) < 4.78 is 41.3. The maximum Gasteiger partial charge on any atom is 0.214 e. The number of para-hydroxylation sites is 1. The average molecular weight is 456 g/mol. The molecule has 0 amide bonds. The van der Waals surface area contributed by atoms with Crippen LogP contribution in [0.4, 0.5) is 0 Å². The third-order valence-electron chi connectivity index (χ3n) is 4.56. The fraction of sp³-hybridized carbons (Fsp3) is 0.200. The smallest absolute Gasteiger partial charge is 0.214 e. The number of imidazole rings is 1. The molecule has 0 bridgehead atoms. The van der Waals surface area contributed by atoms with Gasteiger partial charge in [-0.1, -0.05) is 12.1 Å². The van der Waals surface area contributed by atoms with Gasteiger partial charge in [0.2, 0.25) is 15.9 Å². The van der Waals surface area contributed by atoms with E-state index in [9.17, 15) is 8.42 Å². The molecule has 0 saturated carbocycles. The summed E-state index contributed by atoms with van der Waals surface area (Å²) in [7, 11) is 0.755. The Morgan fingerprint density at radius 1 is 0.938 bits per heavy atom. The standard InChI is InChI=1S/C20H20N6O5S/c1-29-14-7-5-8-15(30-2)17(14)26-19(13-6-4-9-16(24-13)31-3)25-18-20(26)23-12(10-22-18)11-32(21,27)28/h4-10H,11H2,1-3H3,(H2,21,27,28). The van der Waals surface area contributed by atoms with Crippen LogP contribution in [-0.4, -0.2) is 54.3 Å². The number of aromatic nitrogens is 5. The van der Waals surface area contributed by atoms with Crippen LogP contribution in [0.25, 0.3) is 28.5 Å². The number of pyridine rings is 1.